The van der Waals surface area contributed by atoms with Gasteiger partial charge in [0.1, 0.15) is 6.10 Å². The Morgan fingerprint density at radius 1 is 1.36 bits per heavy atom. The molecule has 0 saturated carbocycles. The lowest BCUT2D eigenvalue weighted by molar-refractivity contribution is 0.188. The van der Waals surface area contributed by atoms with Crippen molar-refractivity contribution in [2.45, 2.75) is 12.5 Å². The van der Waals surface area contributed by atoms with Gasteiger partial charge in [-0.05, 0) is 17.5 Å². The van der Waals surface area contributed by atoms with Gasteiger partial charge in [-0.15, -0.1) is 21.5 Å². The van der Waals surface area contributed by atoms with Crippen LogP contribution in [-0.4, -0.2) is 47.4 Å². The zero-order chi connectivity index (χ0) is 15.4. The molecule has 0 unspecified atom stereocenters. The van der Waals surface area contributed by atoms with E-state index in [0.29, 0.717) is 24.8 Å². The van der Waals surface area contributed by atoms with Gasteiger partial charge in [-0.25, -0.2) is 4.79 Å². The van der Waals surface area contributed by atoms with Crippen molar-refractivity contribution < 1.29 is 14.3 Å². The van der Waals surface area contributed by atoms with E-state index < -0.39 is 0 Å². The summed E-state index contributed by atoms with van der Waals surface area (Å²) in [7, 11) is 1.53. The van der Waals surface area contributed by atoms with Gasteiger partial charge in [0, 0.05) is 25.1 Å². The highest BCUT2D eigenvalue weighted by Crippen LogP contribution is 2.20. The van der Waals surface area contributed by atoms with Crippen LogP contribution in [0.5, 0.6) is 11.8 Å². The number of nitrogens with zero attached hydrogens (tertiary/aromatic N) is 3. The van der Waals surface area contributed by atoms with E-state index in [2.05, 4.69) is 15.5 Å². The zero-order valence-corrected chi connectivity index (χ0v) is 12.9. The standard InChI is InChI=1S/C14H16N4O3S/c1-20-11-4-5-12(17-16-11)21-10-6-7-18(9-10)14(19)15-13-3-2-8-22-13/h2-5,8,10H,6-7,9H2,1H3,(H,15,19)/t10-/m0/s1. The summed E-state index contributed by atoms with van der Waals surface area (Å²) in [6.07, 6.45) is 0.697. The average molecular weight is 320 g/mol. The maximum atomic E-state index is 12.1. The van der Waals surface area contributed by atoms with Crippen molar-refractivity contribution in [1.29, 1.82) is 0 Å². The second kappa shape index (κ2) is 6.61. The highest BCUT2D eigenvalue weighted by atomic mass is 32.1. The summed E-state index contributed by atoms with van der Waals surface area (Å²) in [6.45, 7) is 1.19. The number of hydrogen-bond donors (Lipinski definition) is 1. The van der Waals surface area contributed by atoms with E-state index in [9.17, 15) is 4.79 Å². The number of thiophene rings is 1. The predicted octanol–water partition coefficient (Wildman–Crippen LogP) is 2.23. The number of hydrogen-bond acceptors (Lipinski definition) is 6. The van der Waals surface area contributed by atoms with Crippen LogP contribution in [0.4, 0.5) is 9.80 Å². The van der Waals surface area contributed by atoms with Gasteiger partial charge in [0.25, 0.3) is 0 Å². The van der Waals surface area contributed by atoms with Gasteiger partial charge in [-0.1, -0.05) is 0 Å². The van der Waals surface area contributed by atoms with Crippen LogP contribution in [0.15, 0.2) is 29.6 Å². The molecular weight excluding hydrogens is 304 g/mol. The van der Waals surface area contributed by atoms with Gasteiger partial charge >= 0.3 is 6.03 Å². The molecule has 7 nitrogen and oxygen atoms in total. The first kappa shape index (κ1) is 14.6. The number of aromatic nitrogens is 2. The van der Waals surface area contributed by atoms with E-state index >= 15 is 0 Å². The number of rotatable bonds is 4. The number of ether oxygens (including phenoxy) is 2. The Morgan fingerprint density at radius 2 is 2.18 bits per heavy atom. The van der Waals surface area contributed by atoms with Gasteiger partial charge in [0.05, 0.1) is 18.7 Å². The summed E-state index contributed by atoms with van der Waals surface area (Å²) in [5.41, 5.74) is 0. The number of carbonyl (C=O) groups excluding carboxylic acids is 1. The smallest absolute Gasteiger partial charge is 0.322 e. The number of likely N-dealkylation sites (tertiary alicyclic amines) is 1. The third-order valence-corrected chi connectivity index (χ3v) is 4.08. The van der Waals surface area contributed by atoms with E-state index in [1.54, 1.807) is 17.0 Å². The lowest BCUT2D eigenvalue weighted by Crippen LogP contribution is -2.34. The Morgan fingerprint density at radius 3 is 2.86 bits per heavy atom. The third kappa shape index (κ3) is 3.45. The fourth-order valence-electron chi connectivity index (χ4n) is 2.19. The number of nitrogens with one attached hydrogen (secondary N) is 1. The molecule has 2 aromatic heterocycles. The lowest BCUT2D eigenvalue weighted by atomic mass is 10.3. The molecule has 1 aliphatic heterocycles. The van der Waals surface area contributed by atoms with Gasteiger partial charge < -0.3 is 14.4 Å². The van der Waals surface area contributed by atoms with Gasteiger partial charge in [-0.2, -0.15) is 0 Å². The summed E-state index contributed by atoms with van der Waals surface area (Å²) in [4.78, 5) is 13.9. The van der Waals surface area contributed by atoms with E-state index in [1.165, 1.54) is 18.4 Å². The van der Waals surface area contributed by atoms with Crippen LogP contribution in [-0.2, 0) is 0 Å². The molecule has 3 heterocycles. The van der Waals surface area contributed by atoms with Crippen LogP contribution in [0.1, 0.15) is 6.42 Å². The number of methoxy groups -OCH3 is 1. The van der Waals surface area contributed by atoms with E-state index in [1.807, 2.05) is 17.5 Å². The van der Waals surface area contributed by atoms with Crippen molar-refractivity contribution >= 4 is 22.4 Å². The molecule has 22 heavy (non-hydrogen) atoms. The highest BCUT2D eigenvalue weighted by Gasteiger charge is 2.28. The van der Waals surface area contributed by atoms with Crippen molar-refractivity contribution in [3.05, 3.63) is 29.6 Å². The van der Waals surface area contributed by atoms with Gasteiger partial charge in [0.15, 0.2) is 0 Å². The lowest BCUT2D eigenvalue weighted by Gasteiger charge is -2.17. The Balaban J connectivity index is 1.52. The monoisotopic (exact) mass is 320 g/mol. The van der Waals surface area contributed by atoms with Crippen LogP contribution in [0.3, 0.4) is 0 Å². The number of anilines is 1. The first-order chi connectivity index (χ1) is 10.7. The van der Waals surface area contributed by atoms with Gasteiger partial charge in [-0.3, -0.25) is 5.32 Å². The third-order valence-electron chi connectivity index (χ3n) is 3.30. The Labute approximate surface area is 131 Å². The summed E-state index contributed by atoms with van der Waals surface area (Å²) in [5, 5.41) is 13.4. The fourth-order valence-corrected chi connectivity index (χ4v) is 2.80. The molecule has 1 N–H and O–H groups in total. The number of amides is 2. The molecule has 8 heteroatoms. The summed E-state index contributed by atoms with van der Waals surface area (Å²) in [6, 6.07) is 7.07. The molecule has 0 bridgehead atoms. The molecule has 2 amide bonds. The van der Waals surface area contributed by atoms with Crippen LogP contribution in [0, 0.1) is 0 Å². The van der Waals surface area contributed by atoms with Crippen LogP contribution < -0.4 is 14.8 Å². The molecule has 1 fully saturated rings. The molecule has 2 aromatic rings. The summed E-state index contributed by atoms with van der Waals surface area (Å²) < 4.78 is 10.7. The Hall–Kier alpha value is -2.35. The van der Waals surface area contributed by atoms with Crippen LogP contribution in [0.25, 0.3) is 0 Å². The van der Waals surface area contributed by atoms with Crippen LogP contribution in [0.2, 0.25) is 0 Å². The van der Waals surface area contributed by atoms with Gasteiger partial charge in [0.2, 0.25) is 11.8 Å². The van der Waals surface area contributed by atoms with Crippen LogP contribution >= 0.6 is 11.3 Å². The molecule has 0 aliphatic carbocycles. The highest BCUT2D eigenvalue weighted by molar-refractivity contribution is 7.14. The number of carbonyl (C=O) groups is 1. The predicted molar refractivity (Wildman–Crippen MR) is 82.5 cm³/mol. The molecule has 1 atom stereocenters. The van der Waals surface area contributed by atoms with E-state index in [-0.39, 0.29) is 12.1 Å². The first-order valence-corrected chi connectivity index (χ1v) is 7.76. The maximum Gasteiger partial charge on any atom is 0.322 e. The summed E-state index contributed by atoms with van der Waals surface area (Å²) in [5.74, 6) is 0.877. The van der Waals surface area contributed by atoms with Crippen molar-refractivity contribution in [3.63, 3.8) is 0 Å². The van der Waals surface area contributed by atoms with Crippen molar-refractivity contribution in [2.24, 2.45) is 0 Å². The SMILES string of the molecule is COc1ccc(O[C@H]2CCN(C(=O)Nc3cccs3)C2)nn1. The van der Waals surface area contributed by atoms with Crippen molar-refractivity contribution in [2.75, 3.05) is 25.5 Å². The summed E-state index contributed by atoms with van der Waals surface area (Å²) >= 11 is 1.50. The second-order valence-corrected chi connectivity index (χ2v) is 5.74. The average Bonchev–Trinajstić information content (AvgIpc) is 3.20. The molecule has 0 spiro atoms. The maximum absolute atomic E-state index is 12.1. The Kier molecular flexibility index (Phi) is 4.38. The quantitative estimate of drug-likeness (QED) is 0.935. The molecule has 0 radical (unpaired) electrons. The minimum atomic E-state index is -0.102. The zero-order valence-electron chi connectivity index (χ0n) is 12.1. The molecule has 3 rings (SSSR count). The number of urea groups is 1. The van der Waals surface area contributed by atoms with E-state index in [4.69, 9.17) is 9.47 Å². The Bertz CT molecular complexity index is 618. The molecule has 1 aliphatic rings. The van der Waals surface area contributed by atoms with Crippen molar-refractivity contribution in [3.8, 4) is 11.8 Å². The molecular formula is C14H16N4O3S. The normalized spacial score (nSPS) is 17.3. The topological polar surface area (TPSA) is 76.6 Å². The van der Waals surface area contributed by atoms with Crippen molar-refractivity contribution in [1.82, 2.24) is 15.1 Å². The first-order valence-electron chi connectivity index (χ1n) is 6.88. The minimum Gasteiger partial charge on any atom is -0.480 e. The second-order valence-electron chi connectivity index (χ2n) is 4.80. The molecule has 0 aromatic carbocycles. The van der Waals surface area contributed by atoms with E-state index in [0.717, 1.165) is 11.4 Å². The molecule has 1 saturated heterocycles. The fraction of sp³-hybridized carbons (Fsp3) is 0.357. The molecule has 116 valence electrons. The largest absolute Gasteiger partial charge is 0.480 e. The minimum absolute atomic E-state index is 0.0724.